The molecule has 1 heterocycles. The Kier molecular flexibility index (Phi) is 2.71. The van der Waals surface area contributed by atoms with E-state index in [-0.39, 0.29) is 11.1 Å². The third-order valence-electron chi connectivity index (χ3n) is 1.24. The third-order valence-corrected chi connectivity index (χ3v) is 1.43. The molecule has 0 spiro atoms. The lowest BCUT2D eigenvalue weighted by molar-refractivity contribution is -0.0182. The van der Waals surface area contributed by atoms with Crippen molar-refractivity contribution in [1.82, 2.24) is 9.71 Å². The Labute approximate surface area is 86.4 Å². The molecule has 5 nitrogen and oxygen atoms in total. The first-order valence-corrected chi connectivity index (χ1v) is 4.42. The number of nitrogens with zero attached hydrogens (tertiary/aromatic N) is 2. The number of halogens is 1. The SMILES string of the molecule is CC(C)(C)On1c(N)nc(Cl)cc1=O. The van der Waals surface area contributed by atoms with Crippen molar-refractivity contribution >= 4 is 17.5 Å². The lowest BCUT2D eigenvalue weighted by Gasteiger charge is -2.21. The van der Waals surface area contributed by atoms with Gasteiger partial charge >= 0.3 is 0 Å². The van der Waals surface area contributed by atoms with Crippen molar-refractivity contribution in [3.63, 3.8) is 0 Å². The van der Waals surface area contributed by atoms with Crippen molar-refractivity contribution in [3.05, 3.63) is 21.6 Å². The van der Waals surface area contributed by atoms with Crippen LogP contribution in [0, 0.1) is 0 Å². The molecule has 0 aliphatic carbocycles. The maximum Gasteiger partial charge on any atom is 0.289 e. The van der Waals surface area contributed by atoms with Gasteiger partial charge in [-0.05, 0) is 20.8 Å². The molecule has 0 atom stereocenters. The van der Waals surface area contributed by atoms with E-state index in [1.807, 2.05) is 0 Å². The number of nitrogen functional groups attached to an aromatic ring is 1. The minimum atomic E-state index is -0.520. The van der Waals surface area contributed by atoms with Gasteiger partial charge in [0.25, 0.3) is 5.56 Å². The molecular weight excluding hydrogens is 206 g/mol. The second-order valence-corrected chi connectivity index (χ2v) is 4.16. The fourth-order valence-electron chi connectivity index (χ4n) is 0.826. The summed E-state index contributed by atoms with van der Waals surface area (Å²) in [6.45, 7) is 5.40. The lowest BCUT2D eigenvalue weighted by atomic mass is 10.2. The van der Waals surface area contributed by atoms with Gasteiger partial charge in [0.05, 0.1) is 0 Å². The summed E-state index contributed by atoms with van der Waals surface area (Å²) >= 11 is 5.53. The topological polar surface area (TPSA) is 70.1 Å². The van der Waals surface area contributed by atoms with Gasteiger partial charge in [-0.2, -0.15) is 0 Å². The number of nitrogens with two attached hydrogens (primary N) is 1. The zero-order valence-electron chi connectivity index (χ0n) is 8.24. The summed E-state index contributed by atoms with van der Waals surface area (Å²) in [6, 6.07) is 1.14. The second-order valence-electron chi connectivity index (χ2n) is 3.77. The third kappa shape index (κ3) is 2.63. The standard InChI is InChI=1S/C8H12ClN3O2/c1-8(2,3)14-12-6(13)4-5(9)11-7(12)10/h4H,1-3H3,(H2,10,11). The fraction of sp³-hybridized carbons (Fsp3) is 0.500. The van der Waals surface area contributed by atoms with Gasteiger partial charge in [-0.3, -0.25) is 4.79 Å². The molecule has 0 saturated heterocycles. The number of aromatic nitrogens is 2. The van der Waals surface area contributed by atoms with Gasteiger partial charge < -0.3 is 10.6 Å². The molecule has 0 aliphatic rings. The van der Waals surface area contributed by atoms with Crippen LogP contribution in [0.3, 0.4) is 0 Å². The lowest BCUT2D eigenvalue weighted by Crippen LogP contribution is -2.39. The fourth-order valence-corrected chi connectivity index (χ4v) is 1.01. The van der Waals surface area contributed by atoms with E-state index in [1.54, 1.807) is 20.8 Å². The van der Waals surface area contributed by atoms with Gasteiger partial charge in [0.2, 0.25) is 5.95 Å². The van der Waals surface area contributed by atoms with E-state index in [0.29, 0.717) is 0 Å². The van der Waals surface area contributed by atoms with Crippen molar-refractivity contribution in [2.45, 2.75) is 26.4 Å². The van der Waals surface area contributed by atoms with E-state index in [9.17, 15) is 4.79 Å². The molecule has 6 heteroatoms. The van der Waals surface area contributed by atoms with Crippen LogP contribution in [0.25, 0.3) is 0 Å². The predicted molar refractivity (Wildman–Crippen MR) is 54.3 cm³/mol. The minimum Gasteiger partial charge on any atom is -0.402 e. The molecule has 0 amide bonds. The Hall–Kier alpha value is -1.23. The molecule has 0 fully saturated rings. The predicted octanol–water partition coefficient (Wildman–Crippen LogP) is 0.706. The highest BCUT2D eigenvalue weighted by atomic mass is 35.5. The molecule has 0 saturated carbocycles. The van der Waals surface area contributed by atoms with E-state index in [0.717, 1.165) is 10.8 Å². The first-order valence-electron chi connectivity index (χ1n) is 4.04. The summed E-state index contributed by atoms with van der Waals surface area (Å²) in [4.78, 5) is 20.3. The molecule has 0 aromatic carbocycles. The van der Waals surface area contributed by atoms with E-state index >= 15 is 0 Å². The van der Waals surface area contributed by atoms with Crippen LogP contribution in [-0.2, 0) is 0 Å². The minimum absolute atomic E-state index is 0.0567. The summed E-state index contributed by atoms with van der Waals surface area (Å²) in [5.41, 5.74) is 4.52. The van der Waals surface area contributed by atoms with Crippen LogP contribution in [0.15, 0.2) is 10.9 Å². The van der Waals surface area contributed by atoms with Crippen LogP contribution in [-0.4, -0.2) is 15.3 Å². The molecule has 0 unspecified atom stereocenters. The Morgan fingerprint density at radius 1 is 1.57 bits per heavy atom. The zero-order chi connectivity index (χ0) is 10.9. The highest BCUT2D eigenvalue weighted by Crippen LogP contribution is 2.06. The van der Waals surface area contributed by atoms with Crippen LogP contribution < -0.4 is 16.1 Å². The zero-order valence-corrected chi connectivity index (χ0v) is 9.00. The molecule has 14 heavy (non-hydrogen) atoms. The molecule has 78 valence electrons. The first kappa shape index (κ1) is 10.8. The van der Waals surface area contributed by atoms with Crippen molar-refractivity contribution in [2.75, 3.05) is 5.73 Å². The average Bonchev–Trinajstić information content (AvgIpc) is 1.95. The quantitative estimate of drug-likeness (QED) is 0.704. The van der Waals surface area contributed by atoms with Crippen LogP contribution in [0.5, 0.6) is 0 Å². The molecule has 1 aromatic rings. The Bertz CT molecular complexity index is 395. The maximum atomic E-state index is 11.4. The van der Waals surface area contributed by atoms with Crippen LogP contribution >= 0.6 is 11.6 Å². The summed E-state index contributed by atoms with van der Waals surface area (Å²) in [5, 5.41) is 0.0567. The number of hydrogen-bond donors (Lipinski definition) is 1. The summed E-state index contributed by atoms with van der Waals surface area (Å²) in [7, 11) is 0. The molecule has 0 aliphatic heterocycles. The number of rotatable bonds is 1. The Balaban J connectivity index is 3.16. The van der Waals surface area contributed by atoms with Crippen molar-refractivity contribution in [3.8, 4) is 0 Å². The maximum absolute atomic E-state index is 11.4. The normalized spacial score (nSPS) is 11.4. The van der Waals surface area contributed by atoms with Crippen molar-refractivity contribution in [1.29, 1.82) is 0 Å². The van der Waals surface area contributed by atoms with E-state index in [1.165, 1.54) is 0 Å². The van der Waals surface area contributed by atoms with E-state index in [4.69, 9.17) is 22.2 Å². The number of anilines is 1. The average molecular weight is 218 g/mol. The first-order chi connectivity index (χ1) is 6.29. The highest BCUT2D eigenvalue weighted by Gasteiger charge is 2.15. The Morgan fingerprint density at radius 3 is 2.57 bits per heavy atom. The molecule has 0 radical (unpaired) electrons. The highest BCUT2D eigenvalue weighted by molar-refractivity contribution is 6.29. The van der Waals surface area contributed by atoms with Crippen molar-refractivity contribution in [2.24, 2.45) is 0 Å². The molecule has 1 rings (SSSR count). The smallest absolute Gasteiger partial charge is 0.289 e. The summed E-state index contributed by atoms with van der Waals surface area (Å²) < 4.78 is 0.922. The summed E-state index contributed by atoms with van der Waals surface area (Å²) in [5.74, 6) is -0.0579. The molecule has 0 bridgehead atoms. The second kappa shape index (κ2) is 3.49. The largest absolute Gasteiger partial charge is 0.402 e. The van der Waals surface area contributed by atoms with Crippen LogP contribution in [0.2, 0.25) is 5.15 Å². The van der Waals surface area contributed by atoms with Gasteiger partial charge in [-0.25, -0.2) is 4.98 Å². The van der Waals surface area contributed by atoms with Gasteiger partial charge in [-0.15, -0.1) is 4.73 Å². The van der Waals surface area contributed by atoms with Crippen molar-refractivity contribution < 1.29 is 4.84 Å². The molecule has 1 aromatic heterocycles. The van der Waals surface area contributed by atoms with Crippen LogP contribution in [0.1, 0.15) is 20.8 Å². The molecular formula is C8H12ClN3O2. The Morgan fingerprint density at radius 2 is 2.14 bits per heavy atom. The monoisotopic (exact) mass is 217 g/mol. The van der Waals surface area contributed by atoms with Gasteiger partial charge in [-0.1, -0.05) is 11.6 Å². The van der Waals surface area contributed by atoms with E-state index in [2.05, 4.69) is 4.98 Å². The summed E-state index contributed by atoms with van der Waals surface area (Å²) in [6.07, 6.45) is 0. The number of hydrogen-bond acceptors (Lipinski definition) is 4. The van der Waals surface area contributed by atoms with Gasteiger partial charge in [0.1, 0.15) is 10.8 Å². The van der Waals surface area contributed by atoms with Gasteiger partial charge in [0, 0.05) is 6.07 Å². The molecule has 2 N–H and O–H groups in total. The van der Waals surface area contributed by atoms with E-state index < -0.39 is 11.2 Å². The van der Waals surface area contributed by atoms with Gasteiger partial charge in [0.15, 0.2) is 0 Å². The van der Waals surface area contributed by atoms with Crippen LogP contribution in [0.4, 0.5) is 5.95 Å².